The van der Waals surface area contributed by atoms with Crippen LogP contribution in [0.3, 0.4) is 0 Å². The summed E-state index contributed by atoms with van der Waals surface area (Å²) in [7, 11) is -8.93. The molecule has 4 aromatic rings. The van der Waals surface area contributed by atoms with Crippen molar-refractivity contribution < 1.29 is 65.1 Å². The zero-order chi connectivity index (χ0) is 38.6. The fourth-order valence-corrected chi connectivity index (χ4v) is 8.26. The van der Waals surface area contributed by atoms with Crippen molar-refractivity contribution in [2.75, 3.05) is 77.8 Å². The van der Waals surface area contributed by atoms with Gasteiger partial charge in [0.25, 0.3) is 0 Å². The minimum atomic E-state index is -4.47. The van der Waals surface area contributed by atoms with Gasteiger partial charge in [-0.25, -0.2) is 0 Å². The van der Waals surface area contributed by atoms with Gasteiger partial charge in [0.2, 0.25) is 0 Å². The first kappa shape index (κ1) is 45.5. The van der Waals surface area contributed by atoms with Gasteiger partial charge in [-0.15, -0.1) is 0 Å². The molecule has 15 heteroatoms. The average Bonchev–Trinajstić information content (AvgIpc) is 3.18. The Morgan fingerprint density at radius 1 is 0.455 bits per heavy atom. The van der Waals surface area contributed by atoms with Crippen molar-refractivity contribution in [3.05, 3.63) is 144 Å². The third-order valence-electron chi connectivity index (χ3n) is 10.1. The predicted octanol–water partition coefficient (Wildman–Crippen LogP) is 1.98. The molecule has 2 aliphatic rings. The number of nitrogens with zero attached hydrogens (tertiary/aromatic N) is 4. The van der Waals surface area contributed by atoms with E-state index in [4.69, 9.17) is 0 Å². The van der Waals surface area contributed by atoms with E-state index in [2.05, 4.69) is 9.80 Å². The Balaban J connectivity index is 0.000000240. The van der Waals surface area contributed by atoms with E-state index in [0.717, 1.165) is 22.3 Å². The molecule has 6 rings (SSSR count). The molecule has 0 bridgehead atoms. The van der Waals surface area contributed by atoms with Gasteiger partial charge in [-0.3, -0.25) is 9.80 Å². The number of piperazine rings is 2. The van der Waals surface area contributed by atoms with Crippen LogP contribution in [0.25, 0.3) is 0 Å². The number of aliphatic hydroxyl groups excluding tert-OH is 2. The zero-order valence-electron chi connectivity index (χ0n) is 30.9. The predicted molar refractivity (Wildman–Crippen MR) is 202 cm³/mol. The quantitative estimate of drug-likeness (QED) is 0.177. The van der Waals surface area contributed by atoms with Crippen LogP contribution >= 0.6 is 15.2 Å². The van der Waals surface area contributed by atoms with Crippen LogP contribution in [-0.2, 0) is 35.3 Å². The van der Waals surface area contributed by atoms with Gasteiger partial charge in [0.05, 0.1) is 24.3 Å². The van der Waals surface area contributed by atoms with Crippen LogP contribution in [0.1, 0.15) is 46.5 Å². The molecule has 2 saturated heterocycles. The molecular weight excluding hydrogens is 818 g/mol. The smallest absolute Gasteiger partial charge is 0.811 e. The van der Waals surface area contributed by atoms with Crippen molar-refractivity contribution in [1.82, 2.24) is 19.6 Å². The molecule has 2 N–H and O–H groups in total. The summed E-state index contributed by atoms with van der Waals surface area (Å²) in [6.45, 7) is 6.03. The number of aliphatic hydroxyl groups is 2. The van der Waals surface area contributed by atoms with E-state index in [1.165, 1.54) is 0 Å². The Morgan fingerprint density at radius 3 is 0.964 bits per heavy atom. The summed E-state index contributed by atoms with van der Waals surface area (Å²) in [5.41, 5.74) is 3.83. The van der Waals surface area contributed by atoms with Crippen LogP contribution in [0.5, 0.6) is 0 Å². The maximum atomic E-state index is 11.1. The van der Waals surface area contributed by atoms with Crippen LogP contribution in [0, 0.1) is 0 Å². The van der Waals surface area contributed by atoms with Gasteiger partial charge in [-0.2, -0.15) is 0 Å². The van der Waals surface area contributed by atoms with Crippen LogP contribution in [0.4, 0.5) is 0 Å². The summed E-state index contributed by atoms with van der Waals surface area (Å²) in [6.07, 6.45) is -1.99. The van der Waals surface area contributed by atoms with E-state index >= 15 is 0 Å². The Kier molecular flexibility index (Phi) is 18.3. The molecule has 2 fully saturated rings. The van der Waals surface area contributed by atoms with Gasteiger partial charge in [0.15, 0.2) is 0 Å². The van der Waals surface area contributed by atoms with E-state index in [-0.39, 0.29) is 63.7 Å². The summed E-state index contributed by atoms with van der Waals surface area (Å²) in [6, 6.07) is 38.8. The first-order chi connectivity index (χ1) is 25.9. The molecule has 0 unspecified atom stereocenters. The van der Waals surface area contributed by atoms with Gasteiger partial charge >= 0.3 is 26.2 Å². The van der Waals surface area contributed by atoms with Crippen molar-refractivity contribution in [3.8, 4) is 0 Å². The summed E-state index contributed by atoms with van der Waals surface area (Å²) in [5.74, 6) is 0. The van der Waals surface area contributed by atoms with Gasteiger partial charge in [-0.1, -0.05) is 137 Å². The van der Waals surface area contributed by atoms with Crippen molar-refractivity contribution >= 4 is 15.2 Å². The summed E-state index contributed by atoms with van der Waals surface area (Å²) >= 11 is 0. The molecule has 12 nitrogen and oxygen atoms in total. The van der Waals surface area contributed by atoms with E-state index in [1.54, 1.807) is 0 Å². The van der Waals surface area contributed by atoms with E-state index in [1.807, 2.05) is 131 Å². The molecule has 2 heterocycles. The molecule has 4 atom stereocenters. The van der Waals surface area contributed by atoms with Gasteiger partial charge in [0, 0.05) is 65.4 Å². The largest absolute Gasteiger partial charge is 4.00 e. The first-order valence-corrected chi connectivity index (χ1v) is 21.8. The third-order valence-corrected chi connectivity index (χ3v) is 11.6. The number of hydrogen-bond acceptors (Lipinski definition) is 12. The van der Waals surface area contributed by atoms with Gasteiger partial charge < -0.3 is 48.7 Å². The van der Waals surface area contributed by atoms with Crippen LogP contribution in [-0.4, -0.2) is 108 Å². The molecule has 0 aliphatic carbocycles. The molecule has 0 radical (unpaired) electrons. The Labute approximate surface area is 343 Å². The Hall–Kier alpha value is -2.18. The van der Waals surface area contributed by atoms with Crippen molar-refractivity contribution in [2.45, 2.75) is 24.3 Å². The zero-order valence-corrected chi connectivity index (χ0v) is 35.1. The molecule has 2 aliphatic heterocycles. The SMILES string of the molecule is O=P([O-])([O-])CCN1CCN([C@H](c2ccccc2)[C@@H](O)c2ccccc2)CC1.O=P([O-])([O-])CCN1CCN([C@H](c2ccccc2)[C@@H](O)c2ccccc2)CC1.[Zr+4]. The third kappa shape index (κ3) is 14.6. The number of benzene rings is 4. The summed E-state index contributed by atoms with van der Waals surface area (Å²) in [4.78, 5) is 52.0. The molecule has 292 valence electrons. The van der Waals surface area contributed by atoms with E-state index in [0.29, 0.717) is 52.4 Å². The summed E-state index contributed by atoms with van der Waals surface area (Å²) in [5, 5.41) is 22.2. The topological polar surface area (TPSA) is 180 Å². The van der Waals surface area contributed by atoms with Crippen molar-refractivity contribution in [2.24, 2.45) is 0 Å². The van der Waals surface area contributed by atoms with Gasteiger partial charge in [-0.05, 0) is 34.6 Å². The second-order valence-electron chi connectivity index (χ2n) is 13.8. The fourth-order valence-electron chi connectivity index (χ4n) is 7.21. The first-order valence-electron chi connectivity index (χ1n) is 18.4. The minimum absolute atomic E-state index is 0. The monoisotopic (exact) mass is 866 g/mol. The number of hydrogen-bond donors (Lipinski definition) is 2. The van der Waals surface area contributed by atoms with Crippen molar-refractivity contribution in [1.29, 1.82) is 0 Å². The van der Waals surface area contributed by atoms with E-state index < -0.39 is 27.4 Å². The van der Waals surface area contributed by atoms with Gasteiger partial charge in [0.1, 0.15) is 0 Å². The Bertz CT molecular complexity index is 1630. The molecule has 4 aromatic carbocycles. The van der Waals surface area contributed by atoms with Crippen molar-refractivity contribution in [3.63, 3.8) is 0 Å². The molecule has 0 amide bonds. The van der Waals surface area contributed by atoms with Crippen LogP contribution in [0.2, 0.25) is 0 Å². The molecule has 0 aromatic heterocycles. The molecular formula is C40H50N4O8P2Zr. The standard InChI is InChI=1S/2C20H27N2O4P.Zr/c2*23-20(18-9-5-2-6-10-18)19(17-7-3-1-4-8-17)22-13-11-21(12-14-22)15-16-27(24,25)26;/h2*1-10,19-20,23H,11-16H2,(H2,24,25,26);/q;;+4/p-4/t2*19-,20+;/m11./s1. The molecule has 55 heavy (non-hydrogen) atoms. The van der Waals surface area contributed by atoms with Crippen LogP contribution < -0.4 is 19.6 Å². The Morgan fingerprint density at radius 2 is 0.709 bits per heavy atom. The molecule has 0 spiro atoms. The second-order valence-corrected chi connectivity index (χ2v) is 17.2. The normalized spacial score (nSPS) is 18.6. The molecule has 0 saturated carbocycles. The summed E-state index contributed by atoms with van der Waals surface area (Å²) < 4.78 is 21.8. The second kappa shape index (κ2) is 22.1. The van der Waals surface area contributed by atoms with Crippen LogP contribution in [0.15, 0.2) is 121 Å². The minimum Gasteiger partial charge on any atom is -0.811 e. The fraction of sp³-hybridized carbons (Fsp3) is 0.400. The van der Waals surface area contributed by atoms with E-state index in [9.17, 15) is 38.9 Å². The maximum absolute atomic E-state index is 11.1. The maximum Gasteiger partial charge on any atom is 4.00 e. The number of rotatable bonds is 14. The average molecular weight is 868 g/mol.